The predicted octanol–water partition coefficient (Wildman–Crippen LogP) is 3.95. The molecular formula is C22H23FN4O4. The Hall–Kier alpha value is -3.75. The van der Waals surface area contributed by atoms with Gasteiger partial charge in [0.15, 0.2) is 0 Å². The number of halogens is 1. The molecule has 31 heavy (non-hydrogen) atoms. The average Bonchev–Trinajstić information content (AvgIpc) is 2.77. The zero-order valence-electron chi connectivity index (χ0n) is 16.8. The second-order valence-electron chi connectivity index (χ2n) is 7.18. The highest BCUT2D eigenvalue weighted by molar-refractivity contribution is 5.93. The van der Waals surface area contributed by atoms with Gasteiger partial charge in [0.1, 0.15) is 5.82 Å². The van der Waals surface area contributed by atoms with Crippen molar-refractivity contribution in [3.05, 3.63) is 76.1 Å². The topological polar surface area (TPSA) is 105 Å². The number of rotatable bonds is 6. The number of para-hydroxylation sites is 1. The molecule has 1 aliphatic rings. The first kappa shape index (κ1) is 21.9. The van der Waals surface area contributed by atoms with Gasteiger partial charge in [-0.15, -0.1) is 0 Å². The molecule has 9 heteroatoms. The number of nitrogens with one attached hydrogen (secondary N) is 2. The SMILES string of the molecule is O=C(NCC1CCCCN1C(=O)/C=C/c1ccc(F)cc1[N+](=O)[O-])Nc1ccccc1. The lowest BCUT2D eigenvalue weighted by molar-refractivity contribution is -0.385. The van der Waals surface area contributed by atoms with E-state index in [0.717, 1.165) is 31.4 Å². The monoisotopic (exact) mass is 426 g/mol. The molecule has 1 unspecified atom stereocenters. The molecule has 3 rings (SSSR count). The van der Waals surface area contributed by atoms with Gasteiger partial charge in [0.05, 0.1) is 16.6 Å². The summed E-state index contributed by atoms with van der Waals surface area (Å²) >= 11 is 0. The molecule has 1 atom stereocenters. The van der Waals surface area contributed by atoms with E-state index in [4.69, 9.17) is 0 Å². The summed E-state index contributed by atoms with van der Waals surface area (Å²) in [7, 11) is 0. The Morgan fingerprint density at radius 3 is 2.71 bits per heavy atom. The first-order chi connectivity index (χ1) is 14.9. The first-order valence-corrected chi connectivity index (χ1v) is 9.96. The van der Waals surface area contributed by atoms with Crippen LogP contribution in [0.1, 0.15) is 24.8 Å². The van der Waals surface area contributed by atoms with Gasteiger partial charge in [-0.3, -0.25) is 14.9 Å². The van der Waals surface area contributed by atoms with Crippen molar-refractivity contribution in [2.24, 2.45) is 0 Å². The fraction of sp³-hybridized carbons (Fsp3) is 0.273. The van der Waals surface area contributed by atoms with Gasteiger partial charge in [-0.2, -0.15) is 0 Å². The van der Waals surface area contributed by atoms with E-state index in [0.29, 0.717) is 12.2 Å². The Bertz CT molecular complexity index is 981. The Morgan fingerprint density at radius 2 is 1.97 bits per heavy atom. The molecule has 0 radical (unpaired) electrons. The van der Waals surface area contributed by atoms with E-state index in [1.807, 2.05) is 18.2 Å². The molecule has 2 N–H and O–H groups in total. The van der Waals surface area contributed by atoms with Gasteiger partial charge in [-0.25, -0.2) is 9.18 Å². The maximum absolute atomic E-state index is 13.3. The summed E-state index contributed by atoms with van der Waals surface area (Å²) in [6.45, 7) is 0.816. The minimum absolute atomic E-state index is 0.147. The number of hydrogen-bond acceptors (Lipinski definition) is 4. The van der Waals surface area contributed by atoms with Crippen molar-refractivity contribution in [3.8, 4) is 0 Å². The Balaban J connectivity index is 1.62. The van der Waals surface area contributed by atoms with Crippen LogP contribution in [-0.2, 0) is 4.79 Å². The number of carbonyl (C=O) groups excluding carboxylic acids is 2. The zero-order valence-corrected chi connectivity index (χ0v) is 16.8. The van der Waals surface area contributed by atoms with E-state index in [9.17, 15) is 24.1 Å². The van der Waals surface area contributed by atoms with Crippen molar-refractivity contribution in [2.45, 2.75) is 25.3 Å². The number of hydrogen-bond donors (Lipinski definition) is 2. The zero-order chi connectivity index (χ0) is 22.2. The van der Waals surface area contributed by atoms with Gasteiger partial charge in [0.2, 0.25) is 5.91 Å². The lowest BCUT2D eigenvalue weighted by atomic mass is 10.0. The molecule has 0 bridgehead atoms. The third-order valence-electron chi connectivity index (χ3n) is 5.03. The van der Waals surface area contributed by atoms with Crippen LogP contribution in [0.3, 0.4) is 0 Å². The lowest BCUT2D eigenvalue weighted by Crippen LogP contribution is -2.49. The van der Waals surface area contributed by atoms with Crippen LogP contribution in [0.5, 0.6) is 0 Å². The van der Waals surface area contributed by atoms with Crippen LogP contribution in [0.15, 0.2) is 54.6 Å². The van der Waals surface area contributed by atoms with Crippen LogP contribution in [0.4, 0.5) is 20.6 Å². The van der Waals surface area contributed by atoms with E-state index in [-0.39, 0.29) is 30.1 Å². The maximum Gasteiger partial charge on any atom is 0.319 e. The highest BCUT2D eigenvalue weighted by Gasteiger charge is 2.26. The van der Waals surface area contributed by atoms with Crippen molar-refractivity contribution >= 4 is 29.4 Å². The largest absolute Gasteiger partial charge is 0.336 e. The van der Waals surface area contributed by atoms with E-state index < -0.39 is 16.4 Å². The average molecular weight is 426 g/mol. The summed E-state index contributed by atoms with van der Waals surface area (Å²) < 4.78 is 13.3. The third kappa shape index (κ3) is 6.11. The summed E-state index contributed by atoms with van der Waals surface area (Å²) in [5.74, 6) is -1.03. The number of likely N-dealkylation sites (tertiary alicyclic amines) is 1. The van der Waals surface area contributed by atoms with Crippen LogP contribution in [-0.4, -0.2) is 40.9 Å². The number of piperidine rings is 1. The van der Waals surface area contributed by atoms with Gasteiger partial charge < -0.3 is 15.5 Å². The molecule has 0 saturated carbocycles. The van der Waals surface area contributed by atoms with Crippen molar-refractivity contribution < 1.29 is 18.9 Å². The number of anilines is 1. The van der Waals surface area contributed by atoms with E-state index in [2.05, 4.69) is 10.6 Å². The molecule has 0 spiro atoms. The van der Waals surface area contributed by atoms with Crippen LogP contribution in [0.25, 0.3) is 6.08 Å². The van der Waals surface area contributed by atoms with E-state index >= 15 is 0 Å². The fourth-order valence-electron chi connectivity index (χ4n) is 3.48. The first-order valence-electron chi connectivity index (χ1n) is 9.96. The molecule has 0 aromatic heterocycles. The highest BCUT2D eigenvalue weighted by Crippen LogP contribution is 2.22. The molecule has 0 aliphatic carbocycles. The molecule has 1 aliphatic heterocycles. The maximum atomic E-state index is 13.3. The normalized spacial score (nSPS) is 16.2. The second kappa shape index (κ2) is 10.3. The molecule has 1 heterocycles. The van der Waals surface area contributed by atoms with Gasteiger partial charge in [-0.1, -0.05) is 18.2 Å². The lowest BCUT2D eigenvalue weighted by Gasteiger charge is -2.35. The van der Waals surface area contributed by atoms with E-state index in [1.54, 1.807) is 17.0 Å². The molecular weight excluding hydrogens is 403 g/mol. The molecule has 162 valence electrons. The molecule has 1 saturated heterocycles. The van der Waals surface area contributed by atoms with Crippen molar-refractivity contribution in [1.82, 2.24) is 10.2 Å². The highest BCUT2D eigenvalue weighted by atomic mass is 19.1. The Morgan fingerprint density at radius 1 is 1.19 bits per heavy atom. The fourth-order valence-corrected chi connectivity index (χ4v) is 3.48. The third-order valence-corrected chi connectivity index (χ3v) is 5.03. The van der Waals surface area contributed by atoms with Crippen molar-refractivity contribution in [3.63, 3.8) is 0 Å². The second-order valence-corrected chi connectivity index (χ2v) is 7.18. The molecule has 8 nitrogen and oxygen atoms in total. The summed E-state index contributed by atoms with van der Waals surface area (Å²) in [5.41, 5.74) is 0.410. The smallest absolute Gasteiger partial charge is 0.319 e. The molecule has 2 aromatic rings. The summed E-state index contributed by atoms with van der Waals surface area (Å²) in [4.78, 5) is 36.9. The minimum Gasteiger partial charge on any atom is -0.336 e. The summed E-state index contributed by atoms with van der Waals surface area (Å²) in [6, 6.07) is 11.7. The van der Waals surface area contributed by atoms with E-state index in [1.165, 1.54) is 18.2 Å². The Kier molecular flexibility index (Phi) is 7.31. The number of urea groups is 1. The van der Waals surface area contributed by atoms with Gasteiger partial charge in [0.25, 0.3) is 5.69 Å². The summed E-state index contributed by atoms with van der Waals surface area (Å²) in [6.07, 6.45) is 5.08. The molecule has 3 amide bonds. The quantitative estimate of drug-likeness (QED) is 0.415. The van der Waals surface area contributed by atoms with Crippen molar-refractivity contribution in [2.75, 3.05) is 18.4 Å². The van der Waals surface area contributed by atoms with Crippen LogP contribution >= 0.6 is 0 Å². The van der Waals surface area contributed by atoms with Crippen LogP contribution < -0.4 is 10.6 Å². The number of benzene rings is 2. The van der Waals surface area contributed by atoms with Crippen LogP contribution in [0.2, 0.25) is 0 Å². The minimum atomic E-state index is -0.717. The number of amides is 3. The van der Waals surface area contributed by atoms with Gasteiger partial charge in [-0.05, 0) is 49.6 Å². The summed E-state index contributed by atoms with van der Waals surface area (Å²) in [5, 5.41) is 16.6. The number of carbonyl (C=O) groups is 2. The van der Waals surface area contributed by atoms with Crippen LogP contribution in [0, 0.1) is 15.9 Å². The molecule has 2 aromatic carbocycles. The van der Waals surface area contributed by atoms with Crippen molar-refractivity contribution in [1.29, 1.82) is 0 Å². The number of nitro groups is 1. The number of nitrogens with zero attached hydrogens (tertiary/aromatic N) is 2. The van der Waals surface area contributed by atoms with Gasteiger partial charge in [0, 0.05) is 30.9 Å². The Labute approximate surface area is 178 Å². The standard InChI is InChI=1S/C22H23FN4O4/c23-17-11-9-16(20(14-17)27(30)31)10-12-21(28)26-13-5-4-8-19(26)15-24-22(29)25-18-6-2-1-3-7-18/h1-3,6-7,9-12,14,19H,4-5,8,13,15H2,(H2,24,25,29)/b12-10+. The predicted molar refractivity (Wildman–Crippen MR) is 115 cm³/mol. The number of nitro benzene ring substituents is 1. The molecule has 1 fully saturated rings. The van der Waals surface area contributed by atoms with Gasteiger partial charge >= 0.3 is 6.03 Å².